The highest BCUT2D eigenvalue weighted by Gasteiger charge is 2.06. The van der Waals surface area contributed by atoms with Gasteiger partial charge in [-0.15, -0.1) is 0 Å². The van der Waals surface area contributed by atoms with Crippen LogP contribution in [0.4, 0.5) is 0 Å². The van der Waals surface area contributed by atoms with E-state index >= 15 is 0 Å². The molecule has 0 aliphatic carbocycles. The summed E-state index contributed by atoms with van der Waals surface area (Å²) in [6.07, 6.45) is 0. The lowest BCUT2D eigenvalue weighted by atomic mass is 10.2. The number of benzene rings is 1. The van der Waals surface area contributed by atoms with Gasteiger partial charge in [-0.05, 0) is 19.2 Å². The third-order valence-electron chi connectivity index (χ3n) is 2.35. The Kier molecular flexibility index (Phi) is 7.76. The Labute approximate surface area is 113 Å². The Hall–Kier alpha value is -0.810. The predicted molar refractivity (Wildman–Crippen MR) is 72.4 cm³/mol. The van der Waals surface area contributed by atoms with E-state index in [4.69, 9.17) is 25.8 Å². The van der Waals surface area contributed by atoms with E-state index < -0.39 is 0 Å². The van der Waals surface area contributed by atoms with Crippen molar-refractivity contribution in [1.29, 1.82) is 0 Å². The molecule has 102 valence electrons. The van der Waals surface area contributed by atoms with Gasteiger partial charge >= 0.3 is 0 Å². The molecule has 1 rings (SSSR count). The van der Waals surface area contributed by atoms with Crippen LogP contribution in [0.3, 0.4) is 0 Å². The van der Waals surface area contributed by atoms with Crippen molar-refractivity contribution < 1.29 is 14.2 Å². The number of hydrogen-bond acceptors (Lipinski definition) is 4. The molecule has 0 saturated heterocycles. The number of nitrogens with one attached hydrogen (secondary N) is 1. The number of halogens is 1. The van der Waals surface area contributed by atoms with Gasteiger partial charge in [-0.25, -0.2) is 0 Å². The minimum absolute atomic E-state index is 0.501. The average Bonchev–Trinajstić information content (AvgIpc) is 2.37. The van der Waals surface area contributed by atoms with Crippen LogP contribution in [0.25, 0.3) is 0 Å². The molecule has 1 aromatic rings. The van der Waals surface area contributed by atoms with E-state index in [0.29, 0.717) is 38.0 Å². The highest BCUT2D eigenvalue weighted by atomic mass is 35.5. The maximum atomic E-state index is 6.12. The lowest BCUT2D eigenvalue weighted by Crippen LogP contribution is -2.12. The fourth-order valence-corrected chi connectivity index (χ4v) is 1.71. The summed E-state index contributed by atoms with van der Waals surface area (Å²) < 4.78 is 15.9. The van der Waals surface area contributed by atoms with E-state index in [1.54, 1.807) is 7.11 Å². The fourth-order valence-electron chi connectivity index (χ4n) is 1.48. The quantitative estimate of drug-likeness (QED) is 0.700. The largest absolute Gasteiger partial charge is 0.491 e. The predicted octanol–water partition coefficient (Wildman–Crippen LogP) is 2.10. The van der Waals surface area contributed by atoms with Crippen molar-refractivity contribution in [2.75, 3.05) is 40.6 Å². The van der Waals surface area contributed by atoms with Crippen molar-refractivity contribution in [3.05, 3.63) is 28.8 Å². The Bertz CT molecular complexity index is 347. The molecule has 0 atom stereocenters. The molecule has 0 aliphatic heterocycles. The van der Waals surface area contributed by atoms with Crippen LogP contribution in [0, 0.1) is 0 Å². The summed E-state index contributed by atoms with van der Waals surface area (Å²) in [5.41, 5.74) is 0.971. The van der Waals surface area contributed by atoms with E-state index in [2.05, 4.69) is 5.32 Å². The van der Waals surface area contributed by atoms with Crippen molar-refractivity contribution >= 4 is 11.6 Å². The van der Waals surface area contributed by atoms with Crippen LogP contribution >= 0.6 is 11.6 Å². The summed E-state index contributed by atoms with van der Waals surface area (Å²) in [7, 11) is 3.52. The third kappa shape index (κ3) is 5.23. The monoisotopic (exact) mass is 273 g/mol. The maximum Gasteiger partial charge on any atom is 0.125 e. The molecule has 0 fully saturated rings. The summed E-state index contributed by atoms with van der Waals surface area (Å²) in [6.45, 7) is 2.90. The van der Waals surface area contributed by atoms with Gasteiger partial charge in [-0.3, -0.25) is 0 Å². The van der Waals surface area contributed by atoms with Crippen molar-refractivity contribution in [2.24, 2.45) is 0 Å². The van der Waals surface area contributed by atoms with Gasteiger partial charge in [-0.1, -0.05) is 17.7 Å². The molecule has 18 heavy (non-hydrogen) atoms. The van der Waals surface area contributed by atoms with E-state index in [9.17, 15) is 0 Å². The Morgan fingerprint density at radius 3 is 2.67 bits per heavy atom. The summed E-state index contributed by atoms with van der Waals surface area (Å²) in [5, 5.41) is 3.78. The van der Waals surface area contributed by atoms with Crippen LogP contribution in [-0.4, -0.2) is 40.6 Å². The second kappa shape index (κ2) is 9.16. The number of rotatable bonds is 9. The molecule has 0 saturated carbocycles. The lowest BCUT2D eigenvalue weighted by Gasteiger charge is -2.12. The Morgan fingerprint density at radius 2 is 1.94 bits per heavy atom. The molecule has 0 amide bonds. The molecule has 1 N–H and O–H groups in total. The van der Waals surface area contributed by atoms with Gasteiger partial charge in [0, 0.05) is 24.2 Å². The van der Waals surface area contributed by atoms with Crippen molar-refractivity contribution in [2.45, 2.75) is 6.54 Å². The molecule has 0 spiro atoms. The number of hydrogen-bond donors (Lipinski definition) is 1. The van der Waals surface area contributed by atoms with Crippen molar-refractivity contribution in [3.8, 4) is 5.75 Å². The van der Waals surface area contributed by atoms with Gasteiger partial charge in [0.15, 0.2) is 0 Å². The molecule has 4 nitrogen and oxygen atoms in total. The molecule has 0 bridgehead atoms. The highest BCUT2D eigenvalue weighted by molar-refractivity contribution is 6.31. The number of methoxy groups -OCH3 is 1. The molecular weight excluding hydrogens is 254 g/mol. The van der Waals surface area contributed by atoms with Gasteiger partial charge in [0.2, 0.25) is 0 Å². The van der Waals surface area contributed by atoms with Gasteiger partial charge in [-0.2, -0.15) is 0 Å². The van der Waals surface area contributed by atoms with Crippen LogP contribution < -0.4 is 10.1 Å². The summed E-state index contributed by atoms with van der Waals surface area (Å²) in [5.74, 6) is 0.798. The summed E-state index contributed by atoms with van der Waals surface area (Å²) >= 11 is 6.12. The van der Waals surface area contributed by atoms with E-state index in [1.165, 1.54) is 0 Å². The van der Waals surface area contributed by atoms with E-state index in [1.807, 2.05) is 25.2 Å². The first-order valence-electron chi connectivity index (χ1n) is 5.91. The topological polar surface area (TPSA) is 39.7 Å². The van der Waals surface area contributed by atoms with E-state index in [0.717, 1.165) is 11.3 Å². The zero-order valence-electron chi connectivity index (χ0n) is 10.9. The Morgan fingerprint density at radius 1 is 1.17 bits per heavy atom. The second-order valence-corrected chi connectivity index (χ2v) is 4.11. The maximum absolute atomic E-state index is 6.12. The highest BCUT2D eigenvalue weighted by Crippen LogP contribution is 2.26. The normalized spacial score (nSPS) is 10.6. The van der Waals surface area contributed by atoms with Gasteiger partial charge in [0.05, 0.1) is 19.8 Å². The Balaban J connectivity index is 2.39. The molecule has 1 aromatic carbocycles. The minimum Gasteiger partial charge on any atom is -0.491 e. The standard InChI is InChI=1S/C13H20ClNO3/c1-15-10-11-12(14)4-3-5-13(11)18-9-8-17-7-6-16-2/h3-5,15H,6-10H2,1-2H3. The molecule has 0 unspecified atom stereocenters. The van der Waals surface area contributed by atoms with Crippen LogP contribution in [0.15, 0.2) is 18.2 Å². The molecule has 0 radical (unpaired) electrons. The smallest absolute Gasteiger partial charge is 0.125 e. The van der Waals surface area contributed by atoms with Crippen molar-refractivity contribution in [1.82, 2.24) is 5.32 Å². The molecular formula is C13H20ClNO3. The van der Waals surface area contributed by atoms with Gasteiger partial charge in [0.25, 0.3) is 0 Å². The van der Waals surface area contributed by atoms with Crippen LogP contribution in [-0.2, 0) is 16.0 Å². The van der Waals surface area contributed by atoms with Gasteiger partial charge in [0.1, 0.15) is 12.4 Å². The first-order valence-corrected chi connectivity index (χ1v) is 6.29. The van der Waals surface area contributed by atoms with Gasteiger partial charge < -0.3 is 19.5 Å². The first kappa shape index (κ1) is 15.2. The van der Waals surface area contributed by atoms with Crippen LogP contribution in [0.5, 0.6) is 5.75 Å². The van der Waals surface area contributed by atoms with E-state index in [-0.39, 0.29) is 0 Å². The third-order valence-corrected chi connectivity index (χ3v) is 2.70. The molecule has 5 heteroatoms. The zero-order chi connectivity index (χ0) is 13.2. The van der Waals surface area contributed by atoms with Crippen LogP contribution in [0.1, 0.15) is 5.56 Å². The second-order valence-electron chi connectivity index (χ2n) is 3.70. The number of ether oxygens (including phenoxy) is 3. The zero-order valence-corrected chi connectivity index (χ0v) is 11.6. The minimum atomic E-state index is 0.501. The fraction of sp³-hybridized carbons (Fsp3) is 0.538. The summed E-state index contributed by atoms with van der Waals surface area (Å²) in [6, 6.07) is 5.65. The lowest BCUT2D eigenvalue weighted by molar-refractivity contribution is 0.0542. The molecule has 0 heterocycles. The average molecular weight is 274 g/mol. The molecule has 0 aromatic heterocycles. The SMILES string of the molecule is CNCc1c(Cl)cccc1OCCOCCOC. The van der Waals surface area contributed by atoms with Crippen LogP contribution in [0.2, 0.25) is 5.02 Å². The molecule has 0 aliphatic rings. The first-order chi connectivity index (χ1) is 8.79. The van der Waals surface area contributed by atoms with Crippen molar-refractivity contribution in [3.63, 3.8) is 0 Å². The summed E-state index contributed by atoms with van der Waals surface area (Å²) in [4.78, 5) is 0.